The highest BCUT2D eigenvalue weighted by Crippen LogP contribution is 2.00. The number of allylic oxidation sites excluding steroid dienone is 1. The van der Waals surface area contributed by atoms with Gasteiger partial charge in [-0.1, -0.05) is 32.4 Å². The molecular weight excluding hydrogens is 162 g/mol. The summed E-state index contributed by atoms with van der Waals surface area (Å²) in [7, 11) is 0. The standard InChI is InChI=1S/C11H23NO/c1-4-7-9-13-11(8-5-2)10-12-6-3/h4,7,11-12H,5-6,8-10H2,1-3H3/b7-4+. The van der Waals surface area contributed by atoms with Crippen molar-refractivity contribution in [1.82, 2.24) is 5.32 Å². The molecule has 1 atom stereocenters. The Labute approximate surface area is 82.4 Å². The van der Waals surface area contributed by atoms with Gasteiger partial charge in [-0.25, -0.2) is 0 Å². The Morgan fingerprint density at radius 3 is 2.69 bits per heavy atom. The Kier molecular flexibility index (Phi) is 9.49. The second-order valence-corrected chi connectivity index (χ2v) is 3.12. The van der Waals surface area contributed by atoms with Crippen molar-refractivity contribution in [3.05, 3.63) is 12.2 Å². The number of likely N-dealkylation sites (N-methyl/N-ethyl adjacent to an activating group) is 1. The van der Waals surface area contributed by atoms with E-state index in [1.54, 1.807) is 0 Å². The van der Waals surface area contributed by atoms with Gasteiger partial charge in [0.05, 0.1) is 12.7 Å². The second kappa shape index (κ2) is 9.75. The second-order valence-electron chi connectivity index (χ2n) is 3.12. The van der Waals surface area contributed by atoms with E-state index in [0.29, 0.717) is 6.10 Å². The summed E-state index contributed by atoms with van der Waals surface area (Å²) in [6.45, 7) is 9.07. The molecule has 0 saturated carbocycles. The molecule has 0 aromatic rings. The molecule has 0 saturated heterocycles. The first-order valence-electron chi connectivity index (χ1n) is 5.28. The lowest BCUT2D eigenvalue weighted by molar-refractivity contribution is 0.0674. The molecule has 13 heavy (non-hydrogen) atoms. The maximum absolute atomic E-state index is 5.68. The average Bonchev–Trinajstić information content (AvgIpc) is 2.14. The number of nitrogens with one attached hydrogen (secondary N) is 1. The van der Waals surface area contributed by atoms with E-state index in [4.69, 9.17) is 4.74 Å². The lowest BCUT2D eigenvalue weighted by atomic mass is 10.2. The smallest absolute Gasteiger partial charge is 0.0703 e. The van der Waals surface area contributed by atoms with Crippen molar-refractivity contribution in [1.29, 1.82) is 0 Å². The quantitative estimate of drug-likeness (QED) is 0.586. The first-order chi connectivity index (χ1) is 6.35. The fourth-order valence-corrected chi connectivity index (χ4v) is 1.16. The van der Waals surface area contributed by atoms with Crippen LogP contribution in [0.4, 0.5) is 0 Å². The van der Waals surface area contributed by atoms with E-state index in [1.807, 2.05) is 13.0 Å². The molecule has 0 aliphatic rings. The zero-order chi connectivity index (χ0) is 9.94. The molecule has 0 aliphatic heterocycles. The average molecular weight is 185 g/mol. The van der Waals surface area contributed by atoms with Gasteiger partial charge in [-0.05, 0) is 19.9 Å². The fraction of sp³-hybridized carbons (Fsp3) is 0.818. The third-order valence-electron chi connectivity index (χ3n) is 1.90. The van der Waals surface area contributed by atoms with Gasteiger partial charge in [0.2, 0.25) is 0 Å². The Hall–Kier alpha value is -0.340. The van der Waals surface area contributed by atoms with Crippen molar-refractivity contribution in [2.45, 2.75) is 39.7 Å². The van der Waals surface area contributed by atoms with Gasteiger partial charge in [0, 0.05) is 6.54 Å². The molecule has 0 radical (unpaired) electrons. The fourth-order valence-electron chi connectivity index (χ4n) is 1.16. The van der Waals surface area contributed by atoms with Crippen molar-refractivity contribution in [2.24, 2.45) is 0 Å². The van der Waals surface area contributed by atoms with Crippen LogP contribution in [0.1, 0.15) is 33.6 Å². The van der Waals surface area contributed by atoms with Gasteiger partial charge in [-0.15, -0.1) is 0 Å². The van der Waals surface area contributed by atoms with Crippen molar-refractivity contribution >= 4 is 0 Å². The zero-order valence-corrected chi connectivity index (χ0v) is 9.18. The number of hydrogen-bond donors (Lipinski definition) is 1. The lowest BCUT2D eigenvalue weighted by Gasteiger charge is -2.16. The summed E-state index contributed by atoms with van der Waals surface area (Å²) in [5, 5.41) is 3.31. The predicted octanol–water partition coefficient (Wildman–Crippen LogP) is 2.36. The number of rotatable bonds is 8. The molecule has 0 aromatic carbocycles. The molecule has 0 heterocycles. The monoisotopic (exact) mass is 185 g/mol. The van der Waals surface area contributed by atoms with E-state index >= 15 is 0 Å². The molecule has 0 rings (SSSR count). The van der Waals surface area contributed by atoms with Crippen LogP contribution in [0.5, 0.6) is 0 Å². The maximum Gasteiger partial charge on any atom is 0.0703 e. The van der Waals surface area contributed by atoms with E-state index < -0.39 is 0 Å². The van der Waals surface area contributed by atoms with E-state index in [1.165, 1.54) is 6.42 Å². The number of ether oxygens (including phenoxy) is 1. The largest absolute Gasteiger partial charge is 0.373 e. The highest BCUT2D eigenvalue weighted by Gasteiger charge is 2.05. The minimum absolute atomic E-state index is 0.376. The molecule has 2 nitrogen and oxygen atoms in total. The highest BCUT2D eigenvalue weighted by molar-refractivity contribution is 4.77. The normalized spacial score (nSPS) is 13.8. The summed E-state index contributed by atoms with van der Waals surface area (Å²) in [5.74, 6) is 0. The highest BCUT2D eigenvalue weighted by atomic mass is 16.5. The summed E-state index contributed by atoms with van der Waals surface area (Å²) < 4.78 is 5.68. The lowest BCUT2D eigenvalue weighted by Crippen LogP contribution is -2.29. The van der Waals surface area contributed by atoms with Crippen LogP contribution in [0.3, 0.4) is 0 Å². The van der Waals surface area contributed by atoms with Crippen molar-refractivity contribution < 1.29 is 4.74 Å². The Balaban J connectivity index is 3.53. The van der Waals surface area contributed by atoms with Crippen LogP contribution in [-0.2, 0) is 4.74 Å². The summed E-state index contributed by atoms with van der Waals surface area (Å²) in [6.07, 6.45) is 6.78. The minimum Gasteiger partial charge on any atom is -0.373 e. The summed E-state index contributed by atoms with van der Waals surface area (Å²) in [6, 6.07) is 0. The van der Waals surface area contributed by atoms with Crippen molar-refractivity contribution in [2.75, 3.05) is 19.7 Å². The predicted molar refractivity (Wildman–Crippen MR) is 58.0 cm³/mol. The van der Waals surface area contributed by atoms with Crippen molar-refractivity contribution in [3.8, 4) is 0 Å². The van der Waals surface area contributed by atoms with Crippen LogP contribution in [0, 0.1) is 0 Å². The molecule has 1 unspecified atom stereocenters. The molecule has 1 N–H and O–H groups in total. The van der Waals surface area contributed by atoms with Crippen molar-refractivity contribution in [3.63, 3.8) is 0 Å². The maximum atomic E-state index is 5.68. The van der Waals surface area contributed by atoms with Crippen LogP contribution >= 0.6 is 0 Å². The molecule has 2 heteroatoms. The third-order valence-corrected chi connectivity index (χ3v) is 1.90. The molecule has 0 aliphatic carbocycles. The zero-order valence-electron chi connectivity index (χ0n) is 9.18. The van der Waals surface area contributed by atoms with Gasteiger partial charge >= 0.3 is 0 Å². The first kappa shape index (κ1) is 12.7. The van der Waals surface area contributed by atoms with Crippen LogP contribution in [0.15, 0.2) is 12.2 Å². The summed E-state index contributed by atoms with van der Waals surface area (Å²) in [4.78, 5) is 0. The van der Waals surface area contributed by atoms with E-state index in [9.17, 15) is 0 Å². The molecular formula is C11H23NO. The van der Waals surface area contributed by atoms with Crippen LogP contribution in [-0.4, -0.2) is 25.8 Å². The minimum atomic E-state index is 0.376. The van der Waals surface area contributed by atoms with E-state index in [2.05, 4.69) is 25.2 Å². The van der Waals surface area contributed by atoms with Gasteiger partial charge in [-0.2, -0.15) is 0 Å². The molecule has 0 fully saturated rings. The SMILES string of the molecule is C/C=C/COC(CCC)CNCC. The molecule has 0 aromatic heterocycles. The van der Waals surface area contributed by atoms with Crippen LogP contribution < -0.4 is 5.32 Å². The molecule has 78 valence electrons. The molecule has 0 amide bonds. The van der Waals surface area contributed by atoms with Gasteiger partial charge in [0.15, 0.2) is 0 Å². The number of hydrogen-bond acceptors (Lipinski definition) is 2. The summed E-state index contributed by atoms with van der Waals surface area (Å²) >= 11 is 0. The summed E-state index contributed by atoms with van der Waals surface area (Å²) in [5.41, 5.74) is 0. The topological polar surface area (TPSA) is 21.3 Å². The Bertz CT molecular complexity index is 123. The van der Waals surface area contributed by atoms with Gasteiger partial charge in [0.25, 0.3) is 0 Å². The first-order valence-corrected chi connectivity index (χ1v) is 5.28. The third kappa shape index (κ3) is 8.00. The molecule has 0 bridgehead atoms. The Morgan fingerprint density at radius 2 is 2.15 bits per heavy atom. The van der Waals surface area contributed by atoms with Crippen LogP contribution in [0.2, 0.25) is 0 Å². The van der Waals surface area contributed by atoms with E-state index in [0.717, 1.165) is 26.1 Å². The van der Waals surface area contributed by atoms with Gasteiger partial charge in [-0.3, -0.25) is 0 Å². The van der Waals surface area contributed by atoms with Gasteiger partial charge in [0.1, 0.15) is 0 Å². The van der Waals surface area contributed by atoms with Crippen LogP contribution in [0.25, 0.3) is 0 Å². The molecule has 0 spiro atoms. The Morgan fingerprint density at radius 1 is 1.38 bits per heavy atom. The van der Waals surface area contributed by atoms with E-state index in [-0.39, 0.29) is 0 Å². The van der Waals surface area contributed by atoms with Gasteiger partial charge < -0.3 is 10.1 Å².